The molecule has 0 aromatic heterocycles. The summed E-state index contributed by atoms with van der Waals surface area (Å²) in [6.07, 6.45) is 2.27. The zero-order valence-electron chi connectivity index (χ0n) is 17.5. The number of nitro benzene ring substituents is 1. The van der Waals surface area contributed by atoms with Crippen molar-refractivity contribution >= 4 is 23.0 Å². The van der Waals surface area contributed by atoms with Crippen LogP contribution < -0.4 is 9.80 Å². The van der Waals surface area contributed by atoms with Crippen molar-refractivity contribution in [1.29, 1.82) is 0 Å². The Hall–Kier alpha value is -3.16. The van der Waals surface area contributed by atoms with Gasteiger partial charge in [-0.1, -0.05) is 12.1 Å². The summed E-state index contributed by atoms with van der Waals surface area (Å²) < 4.78 is 13.2. The third-order valence-electron chi connectivity index (χ3n) is 6.26. The number of para-hydroxylation sites is 2. The van der Waals surface area contributed by atoms with E-state index in [2.05, 4.69) is 4.90 Å². The van der Waals surface area contributed by atoms with E-state index in [-0.39, 0.29) is 28.3 Å². The van der Waals surface area contributed by atoms with Gasteiger partial charge in [-0.25, -0.2) is 4.39 Å². The van der Waals surface area contributed by atoms with Gasteiger partial charge in [0.1, 0.15) is 11.5 Å². The zero-order valence-corrected chi connectivity index (χ0v) is 17.5. The molecule has 0 aliphatic carbocycles. The minimum absolute atomic E-state index is 0.0450. The van der Waals surface area contributed by atoms with E-state index in [0.29, 0.717) is 38.2 Å². The Morgan fingerprint density at radius 2 is 1.61 bits per heavy atom. The fourth-order valence-electron chi connectivity index (χ4n) is 4.56. The summed E-state index contributed by atoms with van der Waals surface area (Å²) in [5.41, 5.74) is 1.72. The van der Waals surface area contributed by atoms with Gasteiger partial charge in [0.2, 0.25) is 5.91 Å². The van der Waals surface area contributed by atoms with E-state index in [1.54, 1.807) is 24.3 Å². The number of carbonyl (C=O) groups excluding carboxylic acids is 1. The lowest BCUT2D eigenvalue weighted by Gasteiger charge is -2.35. The average Bonchev–Trinajstić information content (AvgIpc) is 3.05. The molecule has 0 unspecified atom stereocenters. The minimum atomic E-state index is -0.351. The van der Waals surface area contributed by atoms with Gasteiger partial charge < -0.3 is 14.7 Å². The van der Waals surface area contributed by atoms with E-state index < -0.39 is 0 Å². The Balaban J connectivity index is 1.34. The second-order valence-corrected chi connectivity index (χ2v) is 8.15. The Bertz CT molecular complexity index is 929. The van der Waals surface area contributed by atoms with Crippen LogP contribution in [0.4, 0.5) is 21.5 Å². The first-order valence-electron chi connectivity index (χ1n) is 10.8. The number of carbonyl (C=O) groups is 1. The lowest BCUT2D eigenvalue weighted by molar-refractivity contribution is -0.384. The normalized spacial score (nSPS) is 18.0. The van der Waals surface area contributed by atoms with Gasteiger partial charge in [0, 0.05) is 56.9 Å². The summed E-state index contributed by atoms with van der Waals surface area (Å²) in [5, 5.41) is 11.3. The average molecular weight is 426 g/mol. The van der Waals surface area contributed by atoms with Gasteiger partial charge in [-0.05, 0) is 49.6 Å². The lowest BCUT2D eigenvalue weighted by atomic mass is 9.94. The molecule has 2 aliphatic rings. The van der Waals surface area contributed by atoms with Gasteiger partial charge in [0.15, 0.2) is 0 Å². The smallest absolute Gasteiger partial charge is 0.292 e. The summed E-state index contributed by atoms with van der Waals surface area (Å²) >= 11 is 0. The van der Waals surface area contributed by atoms with Gasteiger partial charge in [-0.15, -0.1) is 0 Å². The molecule has 0 bridgehead atoms. The minimum Gasteiger partial charge on any atom is -0.370 e. The summed E-state index contributed by atoms with van der Waals surface area (Å²) in [5.74, 6) is -0.109. The highest BCUT2D eigenvalue weighted by atomic mass is 19.1. The van der Waals surface area contributed by atoms with E-state index in [1.807, 2.05) is 15.9 Å². The Labute approximate surface area is 181 Å². The van der Waals surface area contributed by atoms with E-state index in [4.69, 9.17) is 0 Å². The predicted molar refractivity (Wildman–Crippen MR) is 118 cm³/mol. The number of anilines is 2. The number of benzene rings is 2. The van der Waals surface area contributed by atoms with E-state index in [9.17, 15) is 19.3 Å². The van der Waals surface area contributed by atoms with Gasteiger partial charge in [0.05, 0.1) is 4.92 Å². The molecule has 1 amide bonds. The molecule has 4 rings (SSSR count). The Kier molecular flexibility index (Phi) is 6.34. The molecule has 31 heavy (non-hydrogen) atoms. The number of nitrogens with zero attached hydrogens (tertiary/aromatic N) is 4. The first-order valence-corrected chi connectivity index (χ1v) is 10.8. The molecule has 2 aromatic carbocycles. The molecule has 2 aromatic rings. The largest absolute Gasteiger partial charge is 0.370 e. The van der Waals surface area contributed by atoms with Crippen molar-refractivity contribution in [2.75, 3.05) is 49.1 Å². The molecule has 0 saturated carbocycles. The summed E-state index contributed by atoms with van der Waals surface area (Å²) in [6, 6.07) is 13.3. The highest BCUT2D eigenvalue weighted by Crippen LogP contribution is 2.31. The number of amides is 1. The molecule has 8 heteroatoms. The van der Waals surface area contributed by atoms with Crippen LogP contribution in [0, 0.1) is 21.8 Å². The van der Waals surface area contributed by atoms with Gasteiger partial charge >= 0.3 is 0 Å². The first-order chi connectivity index (χ1) is 15.0. The molecule has 2 heterocycles. The maximum Gasteiger partial charge on any atom is 0.292 e. The molecule has 0 spiro atoms. The highest BCUT2D eigenvalue weighted by molar-refractivity contribution is 5.79. The predicted octanol–water partition coefficient (Wildman–Crippen LogP) is 3.69. The summed E-state index contributed by atoms with van der Waals surface area (Å²) in [7, 11) is 0. The van der Waals surface area contributed by atoms with Crippen LogP contribution in [0.15, 0.2) is 48.5 Å². The fourth-order valence-corrected chi connectivity index (χ4v) is 4.56. The van der Waals surface area contributed by atoms with E-state index in [0.717, 1.165) is 31.7 Å². The molecule has 2 aliphatic heterocycles. The number of nitro groups is 1. The van der Waals surface area contributed by atoms with Gasteiger partial charge in [-0.3, -0.25) is 14.9 Å². The van der Waals surface area contributed by atoms with Crippen molar-refractivity contribution < 1.29 is 14.1 Å². The number of halogens is 1. The van der Waals surface area contributed by atoms with Crippen molar-refractivity contribution in [3.8, 4) is 0 Å². The molecule has 0 N–H and O–H groups in total. The Morgan fingerprint density at radius 1 is 0.903 bits per heavy atom. The van der Waals surface area contributed by atoms with Crippen molar-refractivity contribution in [2.24, 2.45) is 5.92 Å². The lowest BCUT2D eigenvalue weighted by Crippen LogP contribution is -2.44. The molecular weight excluding hydrogens is 399 g/mol. The SMILES string of the molecule is O=C(C1CCN(c2ccccc2[N+](=O)[O-])CC1)N1CCCN(c2ccc(F)cc2)CC1. The molecular formula is C23H27FN4O3. The van der Waals surface area contributed by atoms with Crippen molar-refractivity contribution in [3.63, 3.8) is 0 Å². The molecule has 7 nitrogen and oxygen atoms in total. The van der Waals surface area contributed by atoms with Crippen LogP contribution in [0.5, 0.6) is 0 Å². The molecule has 0 atom stereocenters. The second-order valence-electron chi connectivity index (χ2n) is 8.15. The number of hydrogen-bond acceptors (Lipinski definition) is 5. The van der Waals surface area contributed by atoms with Crippen LogP contribution in [-0.2, 0) is 4.79 Å². The standard InChI is InChI=1S/C23H27FN4O3/c24-19-6-8-20(9-7-19)25-12-3-13-27(17-16-25)23(29)18-10-14-26(15-11-18)21-4-1-2-5-22(21)28(30)31/h1-2,4-9,18H,3,10-17H2. The van der Waals surface area contributed by atoms with Crippen LogP contribution in [-0.4, -0.2) is 55.0 Å². The topological polar surface area (TPSA) is 69.9 Å². The first kappa shape index (κ1) is 21.1. The third-order valence-corrected chi connectivity index (χ3v) is 6.26. The van der Waals surface area contributed by atoms with Crippen molar-refractivity contribution in [2.45, 2.75) is 19.3 Å². The van der Waals surface area contributed by atoms with Crippen molar-refractivity contribution in [3.05, 3.63) is 64.5 Å². The van der Waals surface area contributed by atoms with Crippen LogP contribution >= 0.6 is 0 Å². The second kappa shape index (κ2) is 9.32. The molecule has 164 valence electrons. The number of rotatable bonds is 4. The molecule has 2 saturated heterocycles. The maximum atomic E-state index is 13.2. The summed E-state index contributed by atoms with van der Waals surface area (Å²) in [6.45, 7) is 4.22. The quantitative estimate of drug-likeness (QED) is 0.551. The number of piperidine rings is 1. The highest BCUT2D eigenvalue weighted by Gasteiger charge is 2.31. The molecule has 2 fully saturated rings. The van der Waals surface area contributed by atoms with Crippen LogP contribution in [0.3, 0.4) is 0 Å². The number of hydrogen-bond donors (Lipinski definition) is 0. The van der Waals surface area contributed by atoms with Crippen LogP contribution in [0.2, 0.25) is 0 Å². The van der Waals surface area contributed by atoms with Crippen molar-refractivity contribution in [1.82, 2.24) is 4.90 Å². The zero-order chi connectivity index (χ0) is 21.8. The van der Waals surface area contributed by atoms with Gasteiger partial charge in [0.25, 0.3) is 5.69 Å². The fraction of sp³-hybridized carbons (Fsp3) is 0.435. The Morgan fingerprint density at radius 3 is 2.32 bits per heavy atom. The van der Waals surface area contributed by atoms with Crippen LogP contribution in [0.1, 0.15) is 19.3 Å². The van der Waals surface area contributed by atoms with Gasteiger partial charge in [-0.2, -0.15) is 0 Å². The maximum absolute atomic E-state index is 13.2. The molecule has 0 radical (unpaired) electrons. The van der Waals surface area contributed by atoms with E-state index >= 15 is 0 Å². The van der Waals surface area contributed by atoms with Crippen LogP contribution in [0.25, 0.3) is 0 Å². The summed E-state index contributed by atoms with van der Waals surface area (Å²) in [4.78, 5) is 30.3. The monoisotopic (exact) mass is 426 g/mol. The van der Waals surface area contributed by atoms with E-state index in [1.165, 1.54) is 18.2 Å². The third kappa shape index (κ3) is 4.78.